The van der Waals surface area contributed by atoms with Gasteiger partial charge in [0.25, 0.3) is 0 Å². The van der Waals surface area contributed by atoms with Crippen molar-refractivity contribution in [3.63, 3.8) is 0 Å². The summed E-state index contributed by atoms with van der Waals surface area (Å²) in [6, 6.07) is 0. The second-order valence-electron chi connectivity index (χ2n) is 10.7. The summed E-state index contributed by atoms with van der Waals surface area (Å²) in [5.41, 5.74) is 0. The van der Waals surface area contributed by atoms with Gasteiger partial charge in [0.15, 0.2) is 0 Å². The first kappa shape index (κ1) is 51.0. The molecule has 0 saturated heterocycles. The van der Waals surface area contributed by atoms with Crippen LogP contribution in [0.25, 0.3) is 0 Å². The Morgan fingerprint density at radius 1 is 0.293 bits per heavy atom. The van der Waals surface area contributed by atoms with Crippen LogP contribution in [0, 0.1) is 0 Å². The van der Waals surface area contributed by atoms with Crippen molar-refractivity contribution < 1.29 is 62.6 Å². The van der Waals surface area contributed by atoms with Crippen LogP contribution >= 0.6 is 0 Å². The Hall–Kier alpha value is 0.394. The van der Waals surface area contributed by atoms with E-state index >= 15 is 0 Å². The molecule has 0 fully saturated rings. The summed E-state index contributed by atoms with van der Waals surface area (Å²) in [4.78, 5) is 0. The Bertz CT molecular complexity index is 381. The van der Waals surface area contributed by atoms with E-state index in [0.29, 0.717) is 25.7 Å². The molecule has 8 nitrogen and oxygen atoms in total. The fourth-order valence-corrected chi connectivity index (χ4v) is 3.51. The number of unbranched alkanes of at least 4 members (excludes halogenated alkanes) is 4. The summed E-state index contributed by atoms with van der Waals surface area (Å²) in [6.07, 6.45) is 9.66. The molecule has 8 atom stereocenters. The van der Waals surface area contributed by atoms with Gasteiger partial charge in [0.2, 0.25) is 0 Å². The quantitative estimate of drug-likeness (QED) is 0.0847. The first-order valence-corrected chi connectivity index (χ1v) is 16.3. The van der Waals surface area contributed by atoms with E-state index in [1.54, 1.807) is 0 Å². The summed E-state index contributed by atoms with van der Waals surface area (Å²) in [6.45, 7) is 15.8. The molecule has 0 aliphatic rings. The molecule has 8 unspecified atom stereocenters. The number of hydrogen-bond donors (Lipinski definition) is 8. The molecule has 0 aromatic rings. The molecule has 0 spiro atoms. The molecule has 0 heterocycles. The number of aliphatic hydroxyl groups is 8. The van der Waals surface area contributed by atoms with Gasteiger partial charge in [-0.3, -0.25) is 0 Å². The summed E-state index contributed by atoms with van der Waals surface area (Å²) in [5.74, 6) is 0. The van der Waals surface area contributed by atoms with Crippen molar-refractivity contribution in [3.8, 4) is 0 Å². The summed E-state index contributed by atoms with van der Waals surface area (Å²) in [5, 5.41) is 73.2. The zero-order chi connectivity index (χ0) is 31.9. The monoisotopic (exact) mass is 632 g/mol. The van der Waals surface area contributed by atoms with Crippen LogP contribution in [0.5, 0.6) is 0 Å². The van der Waals surface area contributed by atoms with Crippen molar-refractivity contribution in [2.75, 3.05) is 0 Å². The molecule has 9 heteroatoms. The number of hydrogen-bond acceptors (Lipinski definition) is 8. The van der Waals surface area contributed by atoms with Crippen molar-refractivity contribution in [1.82, 2.24) is 0 Å². The SMILES string of the molecule is CCCCC(O)C(O)CC.CCCCC(O)C(O)CC.CCCCC(O)C(O)CC.CCCCC(O)C(O)CC.[Ti]. The van der Waals surface area contributed by atoms with Crippen LogP contribution in [-0.2, 0) is 21.7 Å². The van der Waals surface area contributed by atoms with E-state index in [1.807, 2.05) is 27.7 Å². The normalized spacial score (nSPS) is 16.4. The van der Waals surface area contributed by atoms with Crippen LogP contribution in [0.1, 0.15) is 158 Å². The van der Waals surface area contributed by atoms with Crippen molar-refractivity contribution in [2.24, 2.45) is 0 Å². The van der Waals surface area contributed by atoms with Gasteiger partial charge in [-0.1, -0.05) is 107 Å². The predicted molar refractivity (Wildman–Crippen MR) is 167 cm³/mol. The summed E-state index contributed by atoms with van der Waals surface area (Å²) >= 11 is 0. The third kappa shape index (κ3) is 36.5. The molecule has 0 aliphatic heterocycles. The van der Waals surface area contributed by atoms with Crippen LogP contribution < -0.4 is 0 Å². The molecule has 0 aromatic carbocycles. The largest absolute Gasteiger partial charge is 0.390 e. The molecule has 252 valence electrons. The Kier molecular flexibility index (Phi) is 47.8. The van der Waals surface area contributed by atoms with E-state index in [9.17, 15) is 20.4 Å². The second-order valence-corrected chi connectivity index (χ2v) is 10.7. The minimum absolute atomic E-state index is 0. The minimum atomic E-state index is -0.522. The Balaban J connectivity index is -0.000000139. The average Bonchev–Trinajstić information content (AvgIpc) is 2.98. The average molecular weight is 633 g/mol. The molecule has 8 N–H and O–H groups in total. The van der Waals surface area contributed by atoms with E-state index in [-0.39, 0.29) is 21.7 Å². The molecule has 0 saturated carbocycles. The molecule has 0 radical (unpaired) electrons. The molecule has 0 aromatic heterocycles. The molecule has 0 aliphatic carbocycles. The molecule has 0 rings (SSSR count). The third-order valence-corrected chi connectivity index (χ3v) is 6.86. The first-order valence-electron chi connectivity index (χ1n) is 16.3. The van der Waals surface area contributed by atoms with Crippen LogP contribution in [0.4, 0.5) is 0 Å². The first-order chi connectivity index (χ1) is 18.9. The van der Waals surface area contributed by atoms with Crippen LogP contribution in [0.2, 0.25) is 0 Å². The molecule has 0 bridgehead atoms. The maximum absolute atomic E-state index is 9.20. The topological polar surface area (TPSA) is 162 Å². The van der Waals surface area contributed by atoms with E-state index in [1.165, 1.54) is 0 Å². The van der Waals surface area contributed by atoms with Crippen LogP contribution in [-0.4, -0.2) is 89.7 Å². The molecule has 41 heavy (non-hydrogen) atoms. The van der Waals surface area contributed by atoms with E-state index < -0.39 is 48.8 Å². The third-order valence-electron chi connectivity index (χ3n) is 6.86. The van der Waals surface area contributed by atoms with Gasteiger partial charge in [-0.25, -0.2) is 0 Å². The Morgan fingerprint density at radius 3 is 0.537 bits per heavy atom. The zero-order valence-electron chi connectivity index (χ0n) is 28.0. The fourth-order valence-electron chi connectivity index (χ4n) is 3.51. The van der Waals surface area contributed by atoms with Gasteiger partial charge in [0.1, 0.15) is 0 Å². The standard InChI is InChI=1S/4C8H18O2.Ti/c4*1-3-5-6-8(10)7(9)4-2;/h4*7-10H,3-6H2,1-2H3;. The van der Waals surface area contributed by atoms with Gasteiger partial charge in [0, 0.05) is 21.7 Å². The van der Waals surface area contributed by atoms with Crippen molar-refractivity contribution in [2.45, 2.75) is 207 Å². The van der Waals surface area contributed by atoms with E-state index in [4.69, 9.17) is 20.4 Å². The molecular formula is C32H72O8Ti. The predicted octanol–water partition coefficient (Wildman–Crippen LogP) is 5.23. The minimum Gasteiger partial charge on any atom is -0.390 e. The summed E-state index contributed by atoms with van der Waals surface area (Å²) < 4.78 is 0. The van der Waals surface area contributed by atoms with Crippen molar-refractivity contribution in [3.05, 3.63) is 0 Å². The van der Waals surface area contributed by atoms with Gasteiger partial charge in [0.05, 0.1) is 48.8 Å². The van der Waals surface area contributed by atoms with Gasteiger partial charge >= 0.3 is 0 Å². The van der Waals surface area contributed by atoms with Crippen LogP contribution in [0.3, 0.4) is 0 Å². The van der Waals surface area contributed by atoms with Gasteiger partial charge in [-0.2, -0.15) is 0 Å². The van der Waals surface area contributed by atoms with Crippen molar-refractivity contribution in [1.29, 1.82) is 0 Å². The molecule has 0 amide bonds. The van der Waals surface area contributed by atoms with Gasteiger partial charge < -0.3 is 40.9 Å². The Labute approximate surface area is 268 Å². The number of aliphatic hydroxyl groups excluding tert-OH is 8. The second kappa shape index (κ2) is 38.4. The van der Waals surface area contributed by atoms with E-state index in [2.05, 4.69) is 27.7 Å². The van der Waals surface area contributed by atoms with Crippen molar-refractivity contribution >= 4 is 0 Å². The smallest absolute Gasteiger partial charge is 0.0799 e. The maximum Gasteiger partial charge on any atom is 0.0799 e. The summed E-state index contributed by atoms with van der Waals surface area (Å²) in [7, 11) is 0. The Morgan fingerprint density at radius 2 is 0.439 bits per heavy atom. The van der Waals surface area contributed by atoms with Crippen LogP contribution in [0.15, 0.2) is 0 Å². The number of rotatable bonds is 20. The zero-order valence-corrected chi connectivity index (χ0v) is 29.6. The fraction of sp³-hybridized carbons (Fsp3) is 1.00. The van der Waals surface area contributed by atoms with E-state index in [0.717, 1.165) is 77.0 Å². The van der Waals surface area contributed by atoms with Gasteiger partial charge in [-0.15, -0.1) is 0 Å². The van der Waals surface area contributed by atoms with Gasteiger partial charge in [-0.05, 0) is 51.4 Å². The maximum atomic E-state index is 9.20. The molecular weight excluding hydrogens is 560 g/mol.